The molecule has 0 amide bonds. The maximum absolute atomic E-state index is 13.1. The van der Waals surface area contributed by atoms with Crippen LogP contribution in [0.2, 0.25) is 0 Å². The third kappa shape index (κ3) is 6.51. The van der Waals surface area contributed by atoms with Crippen molar-refractivity contribution in [3.05, 3.63) is 119 Å². The van der Waals surface area contributed by atoms with E-state index in [1.165, 1.54) is 7.11 Å². The van der Waals surface area contributed by atoms with E-state index in [1.807, 2.05) is 84.9 Å². The Morgan fingerprint density at radius 1 is 0.786 bits per heavy atom. The Kier molecular flexibility index (Phi) is 9.27. The Labute approximate surface area is 245 Å². The maximum atomic E-state index is 13.1. The van der Waals surface area contributed by atoms with E-state index in [4.69, 9.17) is 28.4 Å². The molecule has 1 aliphatic rings. The average molecular weight is 565 g/mol. The number of benzene rings is 4. The molecule has 7 heteroatoms. The smallest absolute Gasteiger partial charge is 0.317 e. The van der Waals surface area contributed by atoms with E-state index in [9.17, 15) is 4.79 Å². The number of hydrogen-bond acceptors (Lipinski definition) is 7. The summed E-state index contributed by atoms with van der Waals surface area (Å²) in [5.41, 5.74) is 4.17. The number of esters is 1. The minimum atomic E-state index is -0.740. The van der Waals surface area contributed by atoms with Crippen molar-refractivity contribution in [3.63, 3.8) is 0 Å². The van der Waals surface area contributed by atoms with Crippen LogP contribution in [0.1, 0.15) is 39.8 Å². The SMILES string of the molecule is COC(=O)[C@H]1c2cc(C#CCOCc3ccccc3)cc(OC)c2O[C@@H]1c1ccc(OCc2ccccc2)c(OC)c1. The highest BCUT2D eigenvalue weighted by Gasteiger charge is 2.43. The Hall–Kier alpha value is -4.93. The Balaban J connectivity index is 1.37. The molecule has 2 atom stereocenters. The molecule has 0 unspecified atom stereocenters. The summed E-state index contributed by atoms with van der Waals surface area (Å²) in [6, 6.07) is 28.9. The van der Waals surface area contributed by atoms with Crippen LogP contribution in [0.15, 0.2) is 91.0 Å². The third-order valence-corrected chi connectivity index (χ3v) is 6.91. The van der Waals surface area contributed by atoms with E-state index < -0.39 is 18.0 Å². The number of carbonyl (C=O) groups is 1. The lowest BCUT2D eigenvalue weighted by atomic mass is 9.90. The van der Waals surface area contributed by atoms with Crippen molar-refractivity contribution in [2.24, 2.45) is 0 Å². The Morgan fingerprint density at radius 2 is 1.48 bits per heavy atom. The predicted molar refractivity (Wildman–Crippen MR) is 158 cm³/mol. The van der Waals surface area contributed by atoms with Gasteiger partial charge in [-0.1, -0.05) is 78.6 Å². The van der Waals surface area contributed by atoms with Gasteiger partial charge in [0.25, 0.3) is 0 Å². The zero-order chi connectivity index (χ0) is 29.3. The molecule has 0 saturated heterocycles. The number of carbonyl (C=O) groups excluding carboxylic acids is 1. The number of ether oxygens (including phenoxy) is 6. The van der Waals surface area contributed by atoms with Crippen LogP contribution in [-0.4, -0.2) is 33.9 Å². The molecule has 214 valence electrons. The topological polar surface area (TPSA) is 72.5 Å². The fraction of sp³-hybridized carbons (Fsp3) is 0.229. The maximum Gasteiger partial charge on any atom is 0.317 e. The molecule has 0 aromatic heterocycles. The predicted octanol–water partition coefficient (Wildman–Crippen LogP) is 6.24. The summed E-state index contributed by atoms with van der Waals surface area (Å²) in [5.74, 6) is 7.07. The van der Waals surface area contributed by atoms with Gasteiger partial charge in [0.1, 0.15) is 25.2 Å². The molecule has 5 rings (SSSR count). The quantitative estimate of drug-likeness (QED) is 0.128. The van der Waals surface area contributed by atoms with Crippen LogP contribution in [-0.2, 0) is 27.5 Å². The molecule has 0 saturated carbocycles. The van der Waals surface area contributed by atoms with Gasteiger partial charge < -0.3 is 28.4 Å². The van der Waals surface area contributed by atoms with Gasteiger partial charge in [0.2, 0.25) is 0 Å². The number of hydrogen-bond donors (Lipinski definition) is 0. The minimum absolute atomic E-state index is 0.256. The Bertz CT molecular complexity index is 1570. The van der Waals surface area contributed by atoms with Gasteiger partial charge in [-0.2, -0.15) is 0 Å². The summed E-state index contributed by atoms with van der Waals surface area (Å²) in [6.45, 7) is 1.12. The molecule has 0 radical (unpaired) electrons. The van der Waals surface area contributed by atoms with Gasteiger partial charge in [0.05, 0.1) is 27.9 Å². The summed E-state index contributed by atoms with van der Waals surface area (Å²) in [7, 11) is 4.50. The van der Waals surface area contributed by atoms with Gasteiger partial charge in [-0.25, -0.2) is 0 Å². The lowest BCUT2D eigenvalue weighted by molar-refractivity contribution is -0.144. The van der Waals surface area contributed by atoms with Crippen LogP contribution in [0.25, 0.3) is 0 Å². The van der Waals surface area contributed by atoms with Crippen molar-refractivity contribution < 1.29 is 33.2 Å². The lowest BCUT2D eigenvalue weighted by Crippen LogP contribution is -2.20. The summed E-state index contributed by atoms with van der Waals surface area (Å²) in [4.78, 5) is 13.1. The van der Waals surface area contributed by atoms with E-state index in [1.54, 1.807) is 20.3 Å². The number of methoxy groups -OCH3 is 3. The highest BCUT2D eigenvalue weighted by molar-refractivity contribution is 5.83. The van der Waals surface area contributed by atoms with Crippen LogP contribution in [0.3, 0.4) is 0 Å². The molecular weight excluding hydrogens is 532 g/mol. The highest BCUT2D eigenvalue weighted by atomic mass is 16.5. The number of rotatable bonds is 10. The van der Waals surface area contributed by atoms with Crippen LogP contribution >= 0.6 is 0 Å². The van der Waals surface area contributed by atoms with Crippen LogP contribution < -0.4 is 18.9 Å². The van der Waals surface area contributed by atoms with E-state index in [-0.39, 0.29) is 6.61 Å². The second-order valence-corrected chi connectivity index (χ2v) is 9.60. The molecule has 0 aliphatic carbocycles. The minimum Gasteiger partial charge on any atom is -0.493 e. The third-order valence-electron chi connectivity index (χ3n) is 6.91. The van der Waals surface area contributed by atoms with Crippen LogP contribution in [0, 0.1) is 11.8 Å². The first-order chi connectivity index (χ1) is 20.6. The summed E-state index contributed by atoms with van der Waals surface area (Å²) in [5, 5.41) is 0. The average Bonchev–Trinajstić information content (AvgIpc) is 3.43. The van der Waals surface area contributed by atoms with Crippen molar-refractivity contribution in [1.82, 2.24) is 0 Å². The van der Waals surface area contributed by atoms with Crippen molar-refractivity contribution in [1.29, 1.82) is 0 Å². The zero-order valence-corrected chi connectivity index (χ0v) is 23.8. The summed E-state index contributed by atoms with van der Waals surface area (Å²) in [6.07, 6.45) is -0.671. The standard InChI is InChI=1S/C35H32O7/c1-37-30-21-27(16-17-29(30)41-23-25-13-8-5-9-14-25)33-32(35(36)39-3)28-19-26(20-31(38-2)34(28)42-33)15-10-18-40-22-24-11-6-4-7-12-24/h4-9,11-14,16-17,19-21,32-33H,18,22-23H2,1-3H3/t32-,33+/m0/s1. The van der Waals surface area contributed by atoms with Gasteiger partial charge >= 0.3 is 5.97 Å². The molecule has 7 nitrogen and oxygen atoms in total. The fourth-order valence-electron chi connectivity index (χ4n) is 4.85. The first kappa shape index (κ1) is 28.6. The molecule has 4 aromatic rings. The molecular formula is C35H32O7. The summed E-state index contributed by atoms with van der Waals surface area (Å²) >= 11 is 0. The van der Waals surface area contributed by atoms with Gasteiger partial charge in [0.15, 0.2) is 23.0 Å². The zero-order valence-electron chi connectivity index (χ0n) is 23.8. The monoisotopic (exact) mass is 564 g/mol. The van der Waals surface area contributed by atoms with Crippen molar-refractivity contribution in [3.8, 4) is 34.8 Å². The van der Waals surface area contributed by atoms with Gasteiger partial charge in [-0.15, -0.1) is 0 Å². The molecule has 0 N–H and O–H groups in total. The number of fused-ring (bicyclic) bond motifs is 1. The largest absolute Gasteiger partial charge is 0.493 e. The highest BCUT2D eigenvalue weighted by Crippen LogP contribution is 2.52. The summed E-state index contributed by atoms with van der Waals surface area (Å²) < 4.78 is 34.6. The van der Waals surface area contributed by atoms with Crippen LogP contribution in [0.5, 0.6) is 23.0 Å². The normalized spacial score (nSPS) is 15.0. The molecule has 1 aliphatic heterocycles. The van der Waals surface area contributed by atoms with E-state index in [2.05, 4.69) is 11.8 Å². The van der Waals surface area contributed by atoms with E-state index in [0.717, 1.165) is 16.7 Å². The molecule has 0 fully saturated rings. The molecule has 0 spiro atoms. The first-order valence-corrected chi connectivity index (χ1v) is 13.5. The second-order valence-electron chi connectivity index (χ2n) is 9.60. The van der Waals surface area contributed by atoms with Crippen LogP contribution in [0.4, 0.5) is 0 Å². The van der Waals surface area contributed by atoms with E-state index >= 15 is 0 Å². The van der Waals surface area contributed by atoms with E-state index in [0.29, 0.717) is 47.3 Å². The molecule has 4 aromatic carbocycles. The molecule has 0 bridgehead atoms. The van der Waals surface area contributed by atoms with Gasteiger partial charge in [-0.05, 0) is 41.0 Å². The first-order valence-electron chi connectivity index (χ1n) is 13.5. The molecule has 42 heavy (non-hydrogen) atoms. The van der Waals surface area contributed by atoms with Crippen molar-refractivity contribution in [2.75, 3.05) is 27.9 Å². The van der Waals surface area contributed by atoms with Crippen molar-refractivity contribution in [2.45, 2.75) is 25.2 Å². The fourth-order valence-corrected chi connectivity index (χ4v) is 4.85. The Morgan fingerprint density at radius 3 is 2.14 bits per heavy atom. The second kappa shape index (κ2) is 13.6. The lowest BCUT2D eigenvalue weighted by Gasteiger charge is -2.19. The van der Waals surface area contributed by atoms with Gasteiger partial charge in [-0.3, -0.25) is 4.79 Å². The van der Waals surface area contributed by atoms with Crippen molar-refractivity contribution >= 4 is 5.97 Å². The molecule has 1 heterocycles. The van der Waals surface area contributed by atoms with Gasteiger partial charge in [0, 0.05) is 11.1 Å².